The van der Waals surface area contributed by atoms with E-state index in [0.29, 0.717) is 47.5 Å². The molecule has 3 aromatic rings. The van der Waals surface area contributed by atoms with Crippen LogP contribution < -0.4 is 15.0 Å². The number of carbonyl (C=O) groups excluding carboxylic acids is 1. The minimum atomic E-state index is -4.49. The zero-order chi connectivity index (χ0) is 25.6. The zero-order valence-electron chi connectivity index (χ0n) is 19.7. The summed E-state index contributed by atoms with van der Waals surface area (Å²) in [5.74, 6) is 0.0298. The molecule has 1 N–H and O–H groups in total. The summed E-state index contributed by atoms with van der Waals surface area (Å²) < 4.78 is 57.6. The van der Waals surface area contributed by atoms with Gasteiger partial charge in [-0.25, -0.2) is 4.39 Å². The molecular formula is C26H27F4N3O2. The van der Waals surface area contributed by atoms with E-state index in [-0.39, 0.29) is 11.7 Å². The van der Waals surface area contributed by atoms with Crippen molar-refractivity contribution in [3.05, 3.63) is 89.0 Å². The molecule has 0 aliphatic carbocycles. The van der Waals surface area contributed by atoms with Crippen molar-refractivity contribution in [3.63, 3.8) is 0 Å². The van der Waals surface area contributed by atoms with E-state index in [9.17, 15) is 22.4 Å². The summed E-state index contributed by atoms with van der Waals surface area (Å²) in [4.78, 5) is 18.4. The number of likely N-dealkylation sites (N-methyl/N-ethyl adjacent to an activating group) is 1. The number of ether oxygens (including phenoxy) is 1. The lowest BCUT2D eigenvalue weighted by Crippen LogP contribution is -2.40. The molecule has 1 aromatic heterocycles. The Labute approximate surface area is 201 Å². The van der Waals surface area contributed by atoms with Gasteiger partial charge in [0.2, 0.25) is 5.91 Å². The van der Waals surface area contributed by atoms with Crippen LogP contribution in [0.15, 0.2) is 60.8 Å². The second-order valence-corrected chi connectivity index (χ2v) is 8.07. The number of alkyl halides is 3. The highest BCUT2D eigenvalue weighted by Crippen LogP contribution is 2.31. The lowest BCUT2D eigenvalue weighted by atomic mass is 10.0. The third kappa shape index (κ3) is 6.49. The van der Waals surface area contributed by atoms with Crippen molar-refractivity contribution in [3.8, 4) is 5.75 Å². The first-order chi connectivity index (χ1) is 16.6. The Bertz CT molecular complexity index is 1130. The van der Waals surface area contributed by atoms with Gasteiger partial charge in [0.1, 0.15) is 23.3 Å². The topological polar surface area (TPSA) is 54.5 Å². The fourth-order valence-electron chi connectivity index (χ4n) is 3.80. The fraction of sp³-hybridized carbons (Fsp3) is 0.308. The fourth-order valence-corrected chi connectivity index (χ4v) is 3.80. The van der Waals surface area contributed by atoms with Gasteiger partial charge in [-0.15, -0.1) is 0 Å². The number of benzene rings is 2. The standard InChI is InChI=1S/C26H27F4N3O2/c1-17-15-20(9-12-22(17)27)33(14-4-5-18-6-13-23(32-16-18)26(28,29)30)24(25(34)31-2)19-7-10-21(35-3)11-8-19/h6-13,15-16,24H,4-5,14H2,1-3H3,(H,31,34). The average Bonchev–Trinajstić information content (AvgIpc) is 2.85. The van der Waals surface area contributed by atoms with Gasteiger partial charge in [0.05, 0.1) is 7.11 Å². The van der Waals surface area contributed by atoms with Gasteiger partial charge in [0.15, 0.2) is 0 Å². The van der Waals surface area contributed by atoms with Gasteiger partial charge in [-0.2, -0.15) is 13.2 Å². The average molecular weight is 490 g/mol. The first kappa shape index (κ1) is 26.0. The summed E-state index contributed by atoms with van der Waals surface area (Å²) in [6.45, 7) is 2.03. The number of aryl methyl sites for hydroxylation is 2. The Hall–Kier alpha value is -3.62. The van der Waals surface area contributed by atoms with E-state index >= 15 is 0 Å². The van der Waals surface area contributed by atoms with Crippen LogP contribution in [-0.4, -0.2) is 31.6 Å². The maximum Gasteiger partial charge on any atom is 0.433 e. The van der Waals surface area contributed by atoms with Crippen molar-refractivity contribution in [2.24, 2.45) is 0 Å². The van der Waals surface area contributed by atoms with E-state index in [4.69, 9.17) is 4.74 Å². The predicted molar refractivity (Wildman–Crippen MR) is 126 cm³/mol. The van der Waals surface area contributed by atoms with Crippen molar-refractivity contribution >= 4 is 11.6 Å². The molecule has 0 radical (unpaired) electrons. The maximum atomic E-state index is 14.0. The normalized spacial score (nSPS) is 12.2. The predicted octanol–water partition coefficient (Wildman–Crippen LogP) is 5.48. The van der Waals surface area contributed by atoms with Gasteiger partial charge in [0.25, 0.3) is 0 Å². The van der Waals surface area contributed by atoms with Crippen LogP contribution in [0.5, 0.6) is 5.75 Å². The number of hydrogen-bond donors (Lipinski definition) is 1. The zero-order valence-corrected chi connectivity index (χ0v) is 19.7. The Kier molecular flexibility index (Phi) is 8.32. The summed E-state index contributed by atoms with van der Waals surface area (Å²) in [5.41, 5.74) is 1.50. The molecule has 35 heavy (non-hydrogen) atoms. The molecule has 2 aromatic carbocycles. The number of rotatable bonds is 9. The molecule has 3 rings (SSSR count). The Morgan fingerprint density at radius 2 is 1.83 bits per heavy atom. The highest BCUT2D eigenvalue weighted by molar-refractivity contribution is 5.86. The van der Waals surface area contributed by atoms with Crippen molar-refractivity contribution in [1.29, 1.82) is 0 Å². The molecule has 0 spiro atoms. The first-order valence-corrected chi connectivity index (χ1v) is 11.0. The van der Waals surface area contributed by atoms with Crippen LogP contribution in [0.2, 0.25) is 0 Å². The molecule has 9 heteroatoms. The van der Waals surface area contributed by atoms with E-state index < -0.39 is 17.9 Å². The number of methoxy groups -OCH3 is 1. The van der Waals surface area contributed by atoms with Crippen LogP contribution in [-0.2, 0) is 17.4 Å². The molecule has 0 fully saturated rings. The molecule has 1 heterocycles. The van der Waals surface area contributed by atoms with Crippen LogP contribution >= 0.6 is 0 Å². The second-order valence-electron chi connectivity index (χ2n) is 8.07. The Morgan fingerprint density at radius 3 is 2.37 bits per heavy atom. The molecule has 0 aliphatic heterocycles. The first-order valence-electron chi connectivity index (χ1n) is 11.0. The Morgan fingerprint density at radius 1 is 1.11 bits per heavy atom. The van der Waals surface area contributed by atoms with Crippen LogP contribution in [0, 0.1) is 12.7 Å². The van der Waals surface area contributed by atoms with E-state index in [0.717, 1.165) is 6.07 Å². The van der Waals surface area contributed by atoms with Crippen molar-refractivity contribution < 1.29 is 27.1 Å². The lowest BCUT2D eigenvalue weighted by Gasteiger charge is -2.33. The summed E-state index contributed by atoms with van der Waals surface area (Å²) in [6.07, 6.45) is -2.30. The number of pyridine rings is 1. The minimum absolute atomic E-state index is 0.256. The largest absolute Gasteiger partial charge is 0.497 e. The number of nitrogens with zero attached hydrogens (tertiary/aromatic N) is 2. The number of amides is 1. The van der Waals surface area contributed by atoms with Crippen molar-refractivity contribution in [1.82, 2.24) is 10.3 Å². The van der Waals surface area contributed by atoms with Crippen LogP contribution in [0.4, 0.5) is 23.2 Å². The van der Waals surface area contributed by atoms with E-state index in [1.807, 2.05) is 4.90 Å². The molecule has 1 unspecified atom stereocenters. The molecule has 5 nitrogen and oxygen atoms in total. The molecule has 0 saturated heterocycles. The maximum absolute atomic E-state index is 14.0. The summed E-state index contributed by atoms with van der Waals surface area (Å²) in [6, 6.07) is 13.4. The molecule has 0 saturated carbocycles. The minimum Gasteiger partial charge on any atom is -0.497 e. The van der Waals surface area contributed by atoms with E-state index in [1.165, 1.54) is 18.3 Å². The van der Waals surface area contributed by atoms with Gasteiger partial charge >= 0.3 is 6.18 Å². The third-order valence-electron chi connectivity index (χ3n) is 5.69. The summed E-state index contributed by atoms with van der Waals surface area (Å²) in [7, 11) is 3.09. The van der Waals surface area contributed by atoms with Gasteiger partial charge in [-0.05, 0) is 72.9 Å². The summed E-state index contributed by atoms with van der Waals surface area (Å²) >= 11 is 0. The third-order valence-corrected chi connectivity index (χ3v) is 5.69. The lowest BCUT2D eigenvalue weighted by molar-refractivity contribution is -0.141. The van der Waals surface area contributed by atoms with Gasteiger partial charge in [-0.3, -0.25) is 9.78 Å². The van der Waals surface area contributed by atoms with Crippen molar-refractivity contribution in [2.75, 3.05) is 25.6 Å². The molecule has 1 atom stereocenters. The molecule has 1 amide bonds. The quantitative estimate of drug-likeness (QED) is 0.405. The molecule has 186 valence electrons. The summed E-state index contributed by atoms with van der Waals surface area (Å²) in [5, 5.41) is 2.69. The van der Waals surface area contributed by atoms with E-state index in [2.05, 4.69) is 10.3 Å². The highest BCUT2D eigenvalue weighted by atomic mass is 19.4. The van der Waals surface area contributed by atoms with Crippen LogP contribution in [0.25, 0.3) is 0 Å². The van der Waals surface area contributed by atoms with Crippen LogP contribution in [0.1, 0.15) is 34.8 Å². The monoisotopic (exact) mass is 489 g/mol. The number of halogens is 4. The Balaban J connectivity index is 1.89. The highest BCUT2D eigenvalue weighted by Gasteiger charge is 2.32. The number of hydrogen-bond acceptors (Lipinski definition) is 4. The second kappa shape index (κ2) is 11.2. The number of carbonyl (C=O) groups is 1. The molecule has 0 aliphatic rings. The van der Waals surface area contributed by atoms with Crippen LogP contribution in [0.3, 0.4) is 0 Å². The number of anilines is 1. The number of aromatic nitrogens is 1. The smallest absolute Gasteiger partial charge is 0.433 e. The van der Waals surface area contributed by atoms with Gasteiger partial charge in [-0.1, -0.05) is 18.2 Å². The molecular weight excluding hydrogens is 462 g/mol. The number of nitrogens with one attached hydrogen (secondary N) is 1. The van der Waals surface area contributed by atoms with E-state index in [1.54, 1.807) is 57.5 Å². The SMILES string of the molecule is CNC(=O)C(c1ccc(OC)cc1)N(CCCc1ccc(C(F)(F)F)nc1)c1ccc(F)c(C)c1. The van der Waals surface area contributed by atoms with Crippen molar-refractivity contribution in [2.45, 2.75) is 32.0 Å². The van der Waals surface area contributed by atoms with Gasteiger partial charge < -0.3 is 15.0 Å². The van der Waals surface area contributed by atoms with Gasteiger partial charge in [0, 0.05) is 25.5 Å². The molecule has 0 bridgehead atoms.